The van der Waals surface area contributed by atoms with Crippen molar-refractivity contribution in [3.05, 3.63) is 11.6 Å². The van der Waals surface area contributed by atoms with E-state index in [1.165, 1.54) is 0 Å². The fraction of sp³-hybridized carbons (Fsp3) is 0.429. The Morgan fingerprint density at radius 1 is 1.75 bits per heavy atom. The van der Waals surface area contributed by atoms with Gasteiger partial charge in [0, 0.05) is 12.0 Å². The number of aliphatic hydroxyl groups excluding tert-OH is 1. The van der Waals surface area contributed by atoms with Crippen LogP contribution in [-0.4, -0.2) is 39.3 Å². The van der Waals surface area contributed by atoms with E-state index < -0.39 is 42.0 Å². The predicted molar refractivity (Wildman–Crippen MR) is 37.4 cm³/mol. The van der Waals surface area contributed by atoms with Gasteiger partial charge in [0.05, 0.1) is 8.85 Å². The Kier molecular flexibility index (Phi) is 1.60. The molecule has 5 nitrogen and oxygen atoms in total. The van der Waals surface area contributed by atoms with E-state index in [9.17, 15) is 9.59 Å². The number of carboxylic acid groups (broad SMARTS) is 1. The number of carbonyl (C=O) groups is 2. The largest absolute Gasteiger partial charge is 0.478 e. The quantitative estimate of drug-likeness (QED) is 0.459. The number of carbonyl (C=O) groups excluding carboxylic acids is 1. The normalized spacial score (nSPS) is 39.2. The summed E-state index contributed by atoms with van der Waals surface area (Å²) < 4.78 is 14.1. The minimum atomic E-state index is -2.81. The predicted octanol–water partition coefficient (Wildman–Crippen LogP) is -1.31. The van der Waals surface area contributed by atoms with Crippen molar-refractivity contribution in [1.29, 1.82) is 0 Å². The van der Waals surface area contributed by atoms with E-state index in [0.29, 0.717) is 0 Å². The van der Waals surface area contributed by atoms with Gasteiger partial charge >= 0.3 is 5.97 Å². The smallest absolute Gasteiger partial charge is 0.331 e. The monoisotopic (exact) mass is 174 g/mol. The molecular weight excluding hydrogens is 164 g/mol. The molecule has 0 aromatic carbocycles. The molecule has 0 aliphatic heterocycles. The molecule has 66 valence electrons. The fourth-order valence-electron chi connectivity index (χ4n) is 0.834. The first kappa shape index (κ1) is 6.33. The first-order valence-corrected chi connectivity index (χ1v) is 3.16. The molecule has 3 N–H and O–H groups in total. The SMILES string of the molecule is [2H]C1=C(C(=O)O)C[C@@H](O)[C@]([2H])(O)C1=O. The minimum Gasteiger partial charge on any atom is -0.478 e. The highest BCUT2D eigenvalue weighted by Crippen LogP contribution is 2.16. The van der Waals surface area contributed by atoms with Crippen LogP contribution in [0.5, 0.6) is 0 Å². The average Bonchev–Trinajstić information content (AvgIpc) is 2.08. The number of aliphatic carboxylic acids is 1. The summed E-state index contributed by atoms with van der Waals surface area (Å²) in [6, 6.07) is -0.930. The Bertz CT molecular complexity index is 333. The molecule has 0 amide bonds. The third kappa shape index (κ3) is 1.51. The lowest BCUT2D eigenvalue weighted by Crippen LogP contribution is -2.37. The zero-order chi connectivity index (χ0) is 11.1. The van der Waals surface area contributed by atoms with Gasteiger partial charge in [-0.05, 0) is 6.05 Å². The summed E-state index contributed by atoms with van der Waals surface area (Å²) in [4.78, 5) is 21.5. The Balaban J connectivity index is 3.21. The lowest BCUT2D eigenvalue weighted by molar-refractivity contribution is -0.136. The van der Waals surface area contributed by atoms with Gasteiger partial charge < -0.3 is 15.3 Å². The van der Waals surface area contributed by atoms with Crippen LogP contribution in [0.4, 0.5) is 0 Å². The average molecular weight is 174 g/mol. The fourth-order valence-corrected chi connectivity index (χ4v) is 0.834. The molecule has 0 saturated heterocycles. The maximum atomic E-state index is 11.1. The van der Waals surface area contributed by atoms with E-state index in [1.807, 2.05) is 0 Å². The first-order valence-electron chi connectivity index (χ1n) is 4.16. The van der Waals surface area contributed by atoms with Gasteiger partial charge in [-0.25, -0.2) is 4.79 Å². The summed E-state index contributed by atoms with van der Waals surface area (Å²) in [5.41, 5.74) is -0.584. The maximum absolute atomic E-state index is 11.1. The van der Waals surface area contributed by atoms with Crippen LogP contribution in [0.3, 0.4) is 0 Å². The molecule has 0 heterocycles. The van der Waals surface area contributed by atoms with E-state index in [4.69, 9.17) is 18.1 Å². The molecule has 1 rings (SSSR count). The van der Waals surface area contributed by atoms with Gasteiger partial charge in [-0.2, -0.15) is 0 Å². The van der Waals surface area contributed by atoms with Gasteiger partial charge in [0.25, 0.3) is 0 Å². The maximum Gasteiger partial charge on any atom is 0.331 e. The topological polar surface area (TPSA) is 94.8 Å². The zero-order valence-electron chi connectivity index (χ0n) is 7.94. The number of aliphatic hydroxyl groups is 2. The minimum absolute atomic E-state index is 0.583. The van der Waals surface area contributed by atoms with Crippen LogP contribution in [0.2, 0.25) is 0 Å². The number of hydrogen-bond donors (Lipinski definition) is 3. The molecular formula is C7H8O5. The van der Waals surface area contributed by atoms with Crippen LogP contribution >= 0.6 is 0 Å². The Hall–Kier alpha value is -1.20. The third-order valence-corrected chi connectivity index (χ3v) is 1.47. The standard InChI is InChI=1S/C7H8O5/c8-4-1-3(7(11)12)2-5(9)6(4)10/h1,5-6,9-10H,2H2,(H,11,12)/t5-,6-/m1/s1/i1D,6D. The van der Waals surface area contributed by atoms with Crippen LogP contribution in [0.25, 0.3) is 0 Å². The van der Waals surface area contributed by atoms with E-state index in [0.717, 1.165) is 0 Å². The molecule has 1 aliphatic rings. The number of carboxylic acids is 1. The molecule has 0 radical (unpaired) electrons. The van der Waals surface area contributed by atoms with Gasteiger partial charge in [-0.15, -0.1) is 0 Å². The van der Waals surface area contributed by atoms with Crippen LogP contribution in [0, 0.1) is 0 Å². The summed E-state index contributed by atoms with van der Waals surface area (Å²) in [5, 5.41) is 26.7. The molecule has 5 heteroatoms. The molecule has 0 aromatic heterocycles. The van der Waals surface area contributed by atoms with Gasteiger partial charge in [0.1, 0.15) is 6.08 Å². The molecule has 1 aliphatic carbocycles. The van der Waals surface area contributed by atoms with Gasteiger partial charge in [-0.3, -0.25) is 4.79 Å². The highest BCUT2D eigenvalue weighted by Gasteiger charge is 2.30. The van der Waals surface area contributed by atoms with E-state index in [2.05, 4.69) is 0 Å². The van der Waals surface area contributed by atoms with Crippen LogP contribution < -0.4 is 0 Å². The second-order valence-electron chi connectivity index (χ2n) is 2.34. The van der Waals surface area contributed by atoms with Crippen molar-refractivity contribution in [3.63, 3.8) is 0 Å². The van der Waals surface area contributed by atoms with Crippen LogP contribution in [0.1, 0.15) is 9.16 Å². The molecule has 12 heavy (non-hydrogen) atoms. The second kappa shape index (κ2) is 3.04. The van der Waals surface area contributed by atoms with Gasteiger partial charge in [-0.1, -0.05) is 0 Å². The van der Waals surface area contributed by atoms with Gasteiger partial charge in [0.2, 0.25) is 0 Å². The molecule has 0 bridgehead atoms. The highest BCUT2D eigenvalue weighted by molar-refractivity contribution is 6.02. The summed E-state index contributed by atoms with van der Waals surface area (Å²) in [5.74, 6) is -2.90. The van der Waals surface area contributed by atoms with Crippen molar-refractivity contribution in [2.24, 2.45) is 0 Å². The molecule has 2 atom stereocenters. The second-order valence-corrected chi connectivity index (χ2v) is 2.34. The van der Waals surface area contributed by atoms with Crippen LogP contribution in [0.15, 0.2) is 11.6 Å². The van der Waals surface area contributed by atoms with Crippen molar-refractivity contribution >= 4 is 11.8 Å². The molecule has 0 unspecified atom stereocenters. The molecule has 0 spiro atoms. The van der Waals surface area contributed by atoms with Crippen molar-refractivity contribution < 1.29 is 27.7 Å². The molecule has 0 fully saturated rings. The first-order chi connectivity index (χ1) is 6.28. The Labute approximate surface area is 70.7 Å². The van der Waals surface area contributed by atoms with Crippen LogP contribution in [-0.2, 0) is 9.59 Å². The van der Waals surface area contributed by atoms with Crippen molar-refractivity contribution in [2.45, 2.75) is 18.6 Å². The number of rotatable bonds is 1. The van der Waals surface area contributed by atoms with Crippen molar-refractivity contribution in [2.75, 3.05) is 0 Å². The molecule has 0 aromatic rings. The summed E-state index contributed by atoms with van der Waals surface area (Å²) in [7, 11) is 0. The Morgan fingerprint density at radius 2 is 2.33 bits per heavy atom. The lowest BCUT2D eigenvalue weighted by Gasteiger charge is -2.19. The van der Waals surface area contributed by atoms with Gasteiger partial charge in [0.15, 0.2) is 5.78 Å². The van der Waals surface area contributed by atoms with Crippen molar-refractivity contribution in [3.8, 4) is 0 Å². The third-order valence-electron chi connectivity index (χ3n) is 1.47. The zero-order valence-corrected chi connectivity index (χ0v) is 5.94. The summed E-state index contributed by atoms with van der Waals surface area (Å²) in [6.45, 7) is 0. The highest BCUT2D eigenvalue weighted by atomic mass is 16.4. The Morgan fingerprint density at radius 3 is 2.83 bits per heavy atom. The molecule has 0 saturated carbocycles. The van der Waals surface area contributed by atoms with Crippen molar-refractivity contribution in [1.82, 2.24) is 0 Å². The van der Waals surface area contributed by atoms with E-state index in [-0.39, 0.29) is 0 Å². The lowest BCUT2D eigenvalue weighted by atomic mass is 9.94. The summed E-state index contributed by atoms with van der Waals surface area (Å²) in [6.07, 6.45) is -5.20. The van der Waals surface area contributed by atoms with E-state index in [1.54, 1.807) is 0 Å². The summed E-state index contributed by atoms with van der Waals surface area (Å²) >= 11 is 0. The number of hydrogen-bond acceptors (Lipinski definition) is 4. The van der Waals surface area contributed by atoms with E-state index >= 15 is 0 Å². The number of ketones is 1.